The highest BCUT2D eigenvalue weighted by atomic mass is 32.2. The molecule has 7 nitrogen and oxygen atoms in total. The lowest BCUT2D eigenvalue weighted by atomic mass is 10.1. The number of hydrogen-bond donors (Lipinski definition) is 2. The molecule has 0 amide bonds. The number of hydrogen-bond acceptors (Lipinski definition) is 5. The number of nitrogens with zero attached hydrogens (tertiary/aromatic N) is 3. The quantitative estimate of drug-likeness (QED) is 0.833. The fraction of sp³-hybridized carbons (Fsp3) is 0.417. The van der Waals surface area contributed by atoms with Gasteiger partial charge < -0.3 is 0 Å². The molecule has 2 N–H and O–H groups in total. The maximum atomic E-state index is 12.2. The SMILES string of the molecule is CCCc1ccc(S(=O)(=O)NC(C)c2nn[nH]n2)cc1. The standard InChI is InChI=1S/C12H17N5O2S/c1-3-4-10-5-7-11(8-6-10)20(18,19)15-9(2)12-13-16-17-14-12/h5-9,15H,3-4H2,1-2H3,(H,13,14,16,17). The molecule has 0 fully saturated rings. The molecule has 0 saturated heterocycles. The zero-order valence-electron chi connectivity index (χ0n) is 11.4. The lowest BCUT2D eigenvalue weighted by molar-refractivity contribution is 0.560. The van der Waals surface area contributed by atoms with Crippen molar-refractivity contribution >= 4 is 10.0 Å². The van der Waals surface area contributed by atoms with Gasteiger partial charge in [-0.25, -0.2) is 13.1 Å². The predicted octanol–water partition coefficient (Wildman–Crippen LogP) is 1.19. The second kappa shape index (κ2) is 6.10. The third kappa shape index (κ3) is 3.40. The molecule has 1 aromatic heterocycles. The lowest BCUT2D eigenvalue weighted by Gasteiger charge is -2.11. The molecule has 108 valence electrons. The summed E-state index contributed by atoms with van der Waals surface area (Å²) in [6.45, 7) is 3.74. The van der Waals surface area contributed by atoms with E-state index in [-0.39, 0.29) is 4.90 Å². The van der Waals surface area contributed by atoms with Crippen LogP contribution in [0.25, 0.3) is 0 Å². The van der Waals surface area contributed by atoms with E-state index in [9.17, 15) is 8.42 Å². The summed E-state index contributed by atoms with van der Waals surface area (Å²) in [5, 5.41) is 13.2. The Morgan fingerprint density at radius 2 is 2.00 bits per heavy atom. The smallest absolute Gasteiger partial charge is 0.207 e. The van der Waals surface area contributed by atoms with Gasteiger partial charge in [0.05, 0.1) is 10.9 Å². The fourth-order valence-corrected chi connectivity index (χ4v) is 3.03. The maximum Gasteiger partial charge on any atom is 0.241 e. The molecule has 0 spiro atoms. The molecule has 2 rings (SSSR count). The third-order valence-electron chi connectivity index (χ3n) is 2.85. The average Bonchev–Trinajstić information content (AvgIpc) is 2.93. The molecule has 8 heteroatoms. The first-order valence-electron chi connectivity index (χ1n) is 6.37. The Balaban J connectivity index is 2.13. The maximum absolute atomic E-state index is 12.2. The summed E-state index contributed by atoms with van der Waals surface area (Å²) in [5.74, 6) is 0.302. The molecule has 20 heavy (non-hydrogen) atoms. The van der Waals surface area contributed by atoms with E-state index in [4.69, 9.17) is 0 Å². The van der Waals surface area contributed by atoms with Crippen LogP contribution in [-0.4, -0.2) is 29.0 Å². The van der Waals surface area contributed by atoms with E-state index in [0.29, 0.717) is 5.82 Å². The van der Waals surface area contributed by atoms with E-state index in [1.54, 1.807) is 19.1 Å². The Labute approximate surface area is 117 Å². The van der Waals surface area contributed by atoms with E-state index < -0.39 is 16.1 Å². The van der Waals surface area contributed by atoms with Crippen molar-refractivity contribution < 1.29 is 8.42 Å². The van der Waals surface area contributed by atoms with Gasteiger partial charge in [-0.3, -0.25) is 0 Å². The Hall–Kier alpha value is -1.80. The van der Waals surface area contributed by atoms with Crippen LogP contribution in [0, 0.1) is 0 Å². The van der Waals surface area contributed by atoms with Gasteiger partial charge in [-0.15, -0.1) is 10.2 Å². The molecule has 0 aliphatic heterocycles. The molecule has 0 radical (unpaired) electrons. The topological polar surface area (TPSA) is 101 Å². The van der Waals surface area contributed by atoms with Crippen LogP contribution in [0.4, 0.5) is 0 Å². The number of H-pyrrole nitrogens is 1. The van der Waals surface area contributed by atoms with Crippen molar-refractivity contribution in [3.05, 3.63) is 35.7 Å². The van der Waals surface area contributed by atoms with Gasteiger partial charge in [0.15, 0.2) is 5.82 Å². The number of tetrazole rings is 1. The summed E-state index contributed by atoms with van der Waals surface area (Å²) in [6, 6.07) is 6.33. The second-order valence-electron chi connectivity index (χ2n) is 4.51. The molecule has 1 unspecified atom stereocenters. The molecular weight excluding hydrogens is 278 g/mol. The van der Waals surface area contributed by atoms with E-state index in [2.05, 4.69) is 32.3 Å². The summed E-state index contributed by atoms with van der Waals surface area (Å²) >= 11 is 0. The molecule has 0 aliphatic rings. The van der Waals surface area contributed by atoms with Gasteiger partial charge >= 0.3 is 0 Å². The number of rotatable bonds is 6. The van der Waals surface area contributed by atoms with Crippen molar-refractivity contribution in [3.8, 4) is 0 Å². The highest BCUT2D eigenvalue weighted by Gasteiger charge is 2.20. The van der Waals surface area contributed by atoms with Crippen LogP contribution in [0.2, 0.25) is 0 Å². The first kappa shape index (κ1) is 14.6. The third-order valence-corrected chi connectivity index (χ3v) is 4.41. The molecule has 1 atom stereocenters. The van der Waals surface area contributed by atoms with Crippen molar-refractivity contribution in [2.24, 2.45) is 0 Å². The minimum absolute atomic E-state index is 0.229. The number of aryl methyl sites for hydroxylation is 1. The molecule has 1 heterocycles. The van der Waals surface area contributed by atoms with Crippen molar-refractivity contribution in [1.82, 2.24) is 25.3 Å². The summed E-state index contributed by atoms with van der Waals surface area (Å²) < 4.78 is 26.9. The highest BCUT2D eigenvalue weighted by Crippen LogP contribution is 2.15. The number of aromatic nitrogens is 4. The molecule has 0 aliphatic carbocycles. The van der Waals surface area contributed by atoms with Gasteiger partial charge in [0.1, 0.15) is 0 Å². The monoisotopic (exact) mass is 295 g/mol. The van der Waals surface area contributed by atoms with Crippen LogP contribution < -0.4 is 4.72 Å². The van der Waals surface area contributed by atoms with Crippen LogP contribution >= 0.6 is 0 Å². The van der Waals surface area contributed by atoms with Crippen LogP contribution in [0.15, 0.2) is 29.2 Å². The van der Waals surface area contributed by atoms with Crippen LogP contribution in [0.3, 0.4) is 0 Å². The van der Waals surface area contributed by atoms with Gasteiger partial charge in [-0.05, 0) is 31.0 Å². The zero-order chi connectivity index (χ0) is 14.6. The Morgan fingerprint density at radius 1 is 1.30 bits per heavy atom. The van der Waals surface area contributed by atoms with Crippen molar-refractivity contribution in [1.29, 1.82) is 0 Å². The van der Waals surface area contributed by atoms with Crippen LogP contribution in [-0.2, 0) is 16.4 Å². The minimum Gasteiger partial charge on any atom is -0.207 e. The second-order valence-corrected chi connectivity index (χ2v) is 6.22. The summed E-state index contributed by atoms with van der Waals surface area (Å²) in [7, 11) is -3.59. The van der Waals surface area contributed by atoms with Crippen LogP contribution in [0.5, 0.6) is 0 Å². The lowest BCUT2D eigenvalue weighted by Crippen LogP contribution is -2.27. The number of aromatic amines is 1. The summed E-state index contributed by atoms with van der Waals surface area (Å²) in [6.07, 6.45) is 1.96. The van der Waals surface area contributed by atoms with Gasteiger partial charge in [0, 0.05) is 0 Å². The summed E-state index contributed by atoms with van der Waals surface area (Å²) in [4.78, 5) is 0.229. The first-order valence-corrected chi connectivity index (χ1v) is 7.86. The Kier molecular flexibility index (Phi) is 4.46. The summed E-state index contributed by atoms with van der Waals surface area (Å²) in [5.41, 5.74) is 1.12. The van der Waals surface area contributed by atoms with E-state index in [1.807, 2.05) is 12.1 Å². The zero-order valence-corrected chi connectivity index (χ0v) is 12.2. The fourth-order valence-electron chi connectivity index (χ4n) is 1.83. The largest absolute Gasteiger partial charge is 0.241 e. The molecule has 0 saturated carbocycles. The van der Waals surface area contributed by atoms with Gasteiger partial charge in [-0.2, -0.15) is 5.21 Å². The van der Waals surface area contributed by atoms with Crippen molar-refractivity contribution in [2.45, 2.75) is 37.6 Å². The minimum atomic E-state index is -3.59. The highest BCUT2D eigenvalue weighted by molar-refractivity contribution is 7.89. The normalized spacial score (nSPS) is 13.3. The van der Waals surface area contributed by atoms with Crippen molar-refractivity contribution in [3.63, 3.8) is 0 Å². The molecule has 0 bridgehead atoms. The van der Waals surface area contributed by atoms with E-state index >= 15 is 0 Å². The van der Waals surface area contributed by atoms with Crippen LogP contribution in [0.1, 0.15) is 37.7 Å². The van der Waals surface area contributed by atoms with E-state index in [0.717, 1.165) is 18.4 Å². The van der Waals surface area contributed by atoms with Gasteiger partial charge in [0.25, 0.3) is 0 Å². The van der Waals surface area contributed by atoms with Crippen molar-refractivity contribution in [2.75, 3.05) is 0 Å². The molecule has 2 aromatic rings. The molecular formula is C12H17N5O2S. The van der Waals surface area contributed by atoms with Gasteiger partial charge in [-0.1, -0.05) is 30.7 Å². The number of sulfonamides is 1. The predicted molar refractivity (Wildman–Crippen MR) is 73.4 cm³/mol. The number of nitrogens with one attached hydrogen (secondary N) is 2. The average molecular weight is 295 g/mol. The molecule has 1 aromatic carbocycles. The number of benzene rings is 1. The Morgan fingerprint density at radius 3 is 2.55 bits per heavy atom. The Bertz CT molecular complexity index is 637. The van der Waals surface area contributed by atoms with E-state index in [1.165, 1.54) is 0 Å². The first-order chi connectivity index (χ1) is 9.53. The van der Waals surface area contributed by atoms with Gasteiger partial charge in [0.2, 0.25) is 10.0 Å².